The first-order valence-electron chi connectivity index (χ1n) is 4.15. The Morgan fingerprint density at radius 3 is 2.43 bits per heavy atom. The molecule has 6 nitrogen and oxygen atoms in total. The zero-order valence-corrected chi connectivity index (χ0v) is 8.07. The first-order chi connectivity index (χ1) is 6.47. The van der Waals surface area contributed by atoms with Crippen molar-refractivity contribution in [3.63, 3.8) is 0 Å². The lowest BCUT2D eigenvalue weighted by Crippen LogP contribution is -2.40. The zero-order valence-electron chi connectivity index (χ0n) is 8.07. The zero-order chi connectivity index (χ0) is 11.1. The number of carbonyl (C=O) groups is 3. The number of rotatable bonds is 5. The fourth-order valence-electron chi connectivity index (χ4n) is 0.756. The van der Waals surface area contributed by atoms with Crippen molar-refractivity contribution in [2.24, 2.45) is 0 Å². The van der Waals surface area contributed by atoms with Gasteiger partial charge in [-0.25, -0.2) is 4.79 Å². The van der Waals surface area contributed by atoms with Crippen LogP contribution in [0.15, 0.2) is 0 Å². The second-order valence-corrected chi connectivity index (χ2v) is 2.61. The van der Waals surface area contributed by atoms with Crippen LogP contribution >= 0.6 is 0 Å². The van der Waals surface area contributed by atoms with Gasteiger partial charge in [-0.05, 0) is 13.8 Å². The van der Waals surface area contributed by atoms with E-state index in [1.54, 1.807) is 6.92 Å². The molecule has 0 aliphatic rings. The fourth-order valence-corrected chi connectivity index (χ4v) is 0.756. The molecular formula is C8H13NO5. The molecule has 0 heterocycles. The third kappa shape index (κ3) is 5.13. The second-order valence-electron chi connectivity index (χ2n) is 2.61. The summed E-state index contributed by atoms with van der Waals surface area (Å²) in [6, 6.07) is -0.818. The van der Waals surface area contributed by atoms with Crippen LogP contribution in [0.2, 0.25) is 0 Å². The Balaban J connectivity index is 3.92. The monoisotopic (exact) mass is 203 g/mol. The molecule has 6 heteroatoms. The number of esters is 1. The SMILES string of the molecule is CCOC(=O)C(C)NC(=O)CC(=O)O. The highest BCUT2D eigenvalue weighted by Crippen LogP contribution is 1.89. The Labute approximate surface area is 81.2 Å². The van der Waals surface area contributed by atoms with Crippen molar-refractivity contribution in [3.05, 3.63) is 0 Å². The van der Waals surface area contributed by atoms with E-state index in [-0.39, 0.29) is 6.61 Å². The molecule has 14 heavy (non-hydrogen) atoms. The smallest absolute Gasteiger partial charge is 0.328 e. The molecule has 1 amide bonds. The number of nitrogens with one attached hydrogen (secondary N) is 1. The van der Waals surface area contributed by atoms with E-state index in [9.17, 15) is 14.4 Å². The quantitative estimate of drug-likeness (QED) is 0.465. The van der Waals surface area contributed by atoms with Crippen molar-refractivity contribution in [1.82, 2.24) is 5.32 Å². The summed E-state index contributed by atoms with van der Waals surface area (Å²) in [5.41, 5.74) is 0. The highest BCUT2D eigenvalue weighted by atomic mass is 16.5. The van der Waals surface area contributed by atoms with Gasteiger partial charge in [0.25, 0.3) is 0 Å². The summed E-state index contributed by atoms with van der Waals surface area (Å²) in [6.45, 7) is 3.29. The van der Waals surface area contributed by atoms with E-state index >= 15 is 0 Å². The Hall–Kier alpha value is -1.59. The summed E-state index contributed by atoms with van der Waals surface area (Å²) in [4.78, 5) is 32.0. The average molecular weight is 203 g/mol. The van der Waals surface area contributed by atoms with Gasteiger partial charge in [0.05, 0.1) is 6.61 Å². The molecule has 0 radical (unpaired) electrons. The minimum absolute atomic E-state index is 0.220. The normalized spacial score (nSPS) is 11.6. The van der Waals surface area contributed by atoms with E-state index in [2.05, 4.69) is 10.1 Å². The molecule has 0 bridgehead atoms. The molecular weight excluding hydrogens is 190 g/mol. The summed E-state index contributed by atoms with van der Waals surface area (Å²) < 4.78 is 4.61. The van der Waals surface area contributed by atoms with Gasteiger partial charge in [0, 0.05) is 0 Å². The maximum absolute atomic E-state index is 11.0. The van der Waals surface area contributed by atoms with Crippen molar-refractivity contribution in [1.29, 1.82) is 0 Å². The Morgan fingerprint density at radius 1 is 1.43 bits per heavy atom. The highest BCUT2D eigenvalue weighted by molar-refractivity contribution is 5.95. The summed E-state index contributed by atoms with van der Waals surface area (Å²) in [5, 5.41) is 10.5. The molecule has 0 fully saturated rings. The van der Waals surface area contributed by atoms with Crippen LogP contribution in [0.25, 0.3) is 0 Å². The maximum Gasteiger partial charge on any atom is 0.328 e. The molecule has 1 atom stereocenters. The molecule has 0 aliphatic carbocycles. The maximum atomic E-state index is 11.0. The number of amides is 1. The van der Waals surface area contributed by atoms with Crippen LogP contribution in [0.5, 0.6) is 0 Å². The summed E-state index contributed by atoms with van der Waals surface area (Å²) in [5.74, 6) is -2.53. The molecule has 0 rings (SSSR count). The van der Waals surface area contributed by atoms with Gasteiger partial charge < -0.3 is 15.2 Å². The lowest BCUT2D eigenvalue weighted by molar-refractivity contribution is -0.148. The summed E-state index contributed by atoms with van der Waals surface area (Å²) in [7, 11) is 0. The molecule has 2 N–H and O–H groups in total. The molecule has 0 saturated carbocycles. The first-order valence-corrected chi connectivity index (χ1v) is 4.15. The van der Waals surface area contributed by atoms with Crippen LogP contribution in [-0.2, 0) is 19.1 Å². The number of carboxylic acid groups (broad SMARTS) is 1. The van der Waals surface area contributed by atoms with Crippen LogP contribution in [0, 0.1) is 0 Å². The van der Waals surface area contributed by atoms with Gasteiger partial charge in [0.15, 0.2) is 0 Å². The standard InChI is InChI=1S/C8H13NO5/c1-3-14-8(13)5(2)9-6(10)4-7(11)12/h5H,3-4H2,1-2H3,(H,9,10)(H,11,12). The fraction of sp³-hybridized carbons (Fsp3) is 0.625. The van der Waals surface area contributed by atoms with Crippen LogP contribution < -0.4 is 5.32 Å². The number of ether oxygens (including phenoxy) is 1. The number of hydrogen-bond donors (Lipinski definition) is 2. The molecule has 0 aliphatic heterocycles. The number of aliphatic carboxylic acids is 1. The van der Waals surface area contributed by atoms with Gasteiger partial charge in [0.1, 0.15) is 12.5 Å². The predicted octanol–water partition coefficient (Wildman–Crippen LogP) is -0.471. The summed E-state index contributed by atoms with van der Waals surface area (Å²) in [6.07, 6.45) is -0.649. The van der Waals surface area contributed by atoms with Crippen LogP contribution in [0.3, 0.4) is 0 Å². The number of carboxylic acids is 1. The lowest BCUT2D eigenvalue weighted by Gasteiger charge is -2.11. The van der Waals surface area contributed by atoms with E-state index in [4.69, 9.17) is 5.11 Å². The van der Waals surface area contributed by atoms with Gasteiger partial charge in [-0.1, -0.05) is 0 Å². The molecule has 1 unspecified atom stereocenters. The molecule has 80 valence electrons. The second kappa shape index (κ2) is 5.95. The molecule has 0 aromatic heterocycles. The van der Waals surface area contributed by atoms with Gasteiger partial charge in [0.2, 0.25) is 5.91 Å². The van der Waals surface area contributed by atoms with Crippen molar-refractivity contribution in [3.8, 4) is 0 Å². The molecule has 0 spiro atoms. The van der Waals surface area contributed by atoms with Crippen LogP contribution in [0.4, 0.5) is 0 Å². The first kappa shape index (κ1) is 12.4. The Kier molecular flexibility index (Phi) is 5.28. The van der Waals surface area contributed by atoms with E-state index in [0.29, 0.717) is 0 Å². The average Bonchev–Trinajstić information content (AvgIpc) is 2.02. The molecule has 0 saturated heterocycles. The van der Waals surface area contributed by atoms with E-state index in [1.807, 2.05) is 0 Å². The third-order valence-corrected chi connectivity index (χ3v) is 1.33. The van der Waals surface area contributed by atoms with E-state index in [1.165, 1.54) is 6.92 Å². The number of carbonyl (C=O) groups excluding carboxylic acids is 2. The minimum Gasteiger partial charge on any atom is -0.481 e. The van der Waals surface area contributed by atoms with Gasteiger partial charge >= 0.3 is 11.9 Å². The Morgan fingerprint density at radius 2 is 2.00 bits per heavy atom. The van der Waals surface area contributed by atoms with Crippen molar-refractivity contribution in [2.75, 3.05) is 6.61 Å². The van der Waals surface area contributed by atoms with Gasteiger partial charge in [-0.15, -0.1) is 0 Å². The topological polar surface area (TPSA) is 92.7 Å². The third-order valence-electron chi connectivity index (χ3n) is 1.33. The van der Waals surface area contributed by atoms with E-state index in [0.717, 1.165) is 0 Å². The molecule has 0 aromatic carbocycles. The van der Waals surface area contributed by atoms with Crippen molar-refractivity contribution >= 4 is 17.8 Å². The predicted molar refractivity (Wildman–Crippen MR) is 46.5 cm³/mol. The highest BCUT2D eigenvalue weighted by Gasteiger charge is 2.17. The van der Waals surface area contributed by atoms with E-state index < -0.39 is 30.3 Å². The van der Waals surface area contributed by atoms with Gasteiger partial charge in [-0.2, -0.15) is 0 Å². The summed E-state index contributed by atoms with van der Waals surface area (Å²) >= 11 is 0. The van der Waals surface area contributed by atoms with Crippen LogP contribution in [-0.4, -0.2) is 35.6 Å². The largest absolute Gasteiger partial charge is 0.481 e. The Bertz CT molecular complexity index is 238. The van der Waals surface area contributed by atoms with Crippen molar-refractivity contribution < 1.29 is 24.2 Å². The van der Waals surface area contributed by atoms with Gasteiger partial charge in [-0.3, -0.25) is 9.59 Å². The lowest BCUT2D eigenvalue weighted by atomic mass is 10.3. The number of hydrogen-bond acceptors (Lipinski definition) is 4. The van der Waals surface area contributed by atoms with Crippen LogP contribution in [0.1, 0.15) is 20.3 Å². The minimum atomic E-state index is -1.24. The van der Waals surface area contributed by atoms with Crippen molar-refractivity contribution in [2.45, 2.75) is 26.3 Å². The molecule has 0 aromatic rings.